The van der Waals surface area contributed by atoms with E-state index < -0.39 is 28.3 Å². The maximum absolute atomic E-state index is 13.9. The molecule has 4 aliphatic rings. The summed E-state index contributed by atoms with van der Waals surface area (Å²) < 4.78 is 54.9. The van der Waals surface area contributed by atoms with E-state index in [-0.39, 0.29) is 31.8 Å². The van der Waals surface area contributed by atoms with Gasteiger partial charge in [-0.15, -0.1) is 0 Å². The number of aliphatic hydroxyl groups excluding tert-OH is 1. The lowest BCUT2D eigenvalue weighted by Gasteiger charge is -2.35. The zero-order valence-electron chi connectivity index (χ0n) is 23.2. The average molecular weight is 589 g/mol. The van der Waals surface area contributed by atoms with E-state index in [0.29, 0.717) is 34.0 Å². The van der Waals surface area contributed by atoms with Crippen molar-refractivity contribution in [3.63, 3.8) is 0 Å². The van der Waals surface area contributed by atoms with Gasteiger partial charge in [-0.05, 0) is 85.8 Å². The quantitative estimate of drug-likeness (QED) is 0.374. The van der Waals surface area contributed by atoms with Crippen molar-refractivity contribution in [3.05, 3.63) is 47.5 Å². The highest BCUT2D eigenvalue weighted by molar-refractivity contribution is 7.92. The summed E-state index contributed by atoms with van der Waals surface area (Å²) in [5, 5.41) is 12.1. The second-order valence-electron chi connectivity index (χ2n) is 12.2. The van der Waals surface area contributed by atoms with E-state index in [1.54, 1.807) is 18.2 Å². The number of amides is 1. The third-order valence-electron chi connectivity index (χ3n) is 9.14. The van der Waals surface area contributed by atoms with Gasteiger partial charge in [-0.25, -0.2) is 17.2 Å². The first-order valence-corrected chi connectivity index (χ1v) is 16.3. The van der Waals surface area contributed by atoms with Crippen LogP contribution < -0.4 is 19.8 Å². The summed E-state index contributed by atoms with van der Waals surface area (Å²) in [6, 6.07) is 10.7. The number of benzene rings is 2. The summed E-state index contributed by atoms with van der Waals surface area (Å²) in [5.74, 6) is -2.93. The predicted octanol–water partition coefficient (Wildman–Crippen LogP) is 5.17. The molecule has 2 heterocycles. The molecular weight excluding hydrogens is 550 g/mol. The van der Waals surface area contributed by atoms with E-state index in [0.717, 1.165) is 50.0 Å². The molecule has 2 aliphatic carbocycles. The molecule has 41 heavy (non-hydrogen) atoms. The van der Waals surface area contributed by atoms with Crippen molar-refractivity contribution in [3.8, 4) is 0 Å². The van der Waals surface area contributed by atoms with E-state index in [9.17, 15) is 22.0 Å². The van der Waals surface area contributed by atoms with Gasteiger partial charge in [-0.2, -0.15) is 0 Å². The molecular formula is C30H38F2N4O4S. The van der Waals surface area contributed by atoms with Crippen LogP contribution in [0.2, 0.25) is 0 Å². The van der Waals surface area contributed by atoms with Gasteiger partial charge in [-0.3, -0.25) is 9.52 Å². The van der Waals surface area contributed by atoms with Gasteiger partial charge < -0.3 is 20.2 Å². The highest BCUT2D eigenvalue weighted by Gasteiger charge is 2.44. The molecule has 0 radical (unpaired) electrons. The third kappa shape index (κ3) is 6.45. The fourth-order valence-electron chi connectivity index (χ4n) is 6.21. The monoisotopic (exact) mass is 588 g/mol. The lowest BCUT2D eigenvalue weighted by Crippen LogP contribution is -2.39. The summed E-state index contributed by atoms with van der Waals surface area (Å²) in [4.78, 5) is 17.9. The number of sulfonamides is 1. The van der Waals surface area contributed by atoms with E-state index >= 15 is 0 Å². The minimum absolute atomic E-state index is 0.178. The highest BCUT2D eigenvalue weighted by Crippen LogP contribution is 2.54. The number of anilines is 4. The van der Waals surface area contributed by atoms with Gasteiger partial charge in [-0.1, -0.05) is 6.07 Å². The van der Waals surface area contributed by atoms with Crippen molar-refractivity contribution in [2.24, 2.45) is 5.41 Å². The van der Waals surface area contributed by atoms with E-state index in [2.05, 4.69) is 14.9 Å². The molecule has 1 amide bonds. The van der Waals surface area contributed by atoms with Crippen molar-refractivity contribution >= 4 is 38.7 Å². The number of hydrogen-bond donors (Lipinski definition) is 3. The fourth-order valence-corrected chi connectivity index (χ4v) is 7.03. The molecule has 2 aliphatic heterocycles. The maximum Gasteiger partial charge on any atom is 0.257 e. The molecule has 1 spiro atoms. The van der Waals surface area contributed by atoms with Crippen molar-refractivity contribution in [1.82, 2.24) is 0 Å². The second-order valence-corrected chi connectivity index (χ2v) is 14.1. The van der Waals surface area contributed by atoms with Gasteiger partial charge in [0.2, 0.25) is 10.0 Å². The molecule has 0 bridgehead atoms. The van der Waals surface area contributed by atoms with Crippen LogP contribution in [0.4, 0.5) is 31.5 Å². The maximum atomic E-state index is 13.9. The molecule has 222 valence electrons. The Labute approximate surface area is 240 Å². The van der Waals surface area contributed by atoms with Crippen molar-refractivity contribution in [2.75, 3.05) is 58.4 Å². The number of hydrogen-bond acceptors (Lipinski definition) is 6. The molecule has 2 aromatic rings. The number of nitrogens with zero attached hydrogens (tertiary/aromatic N) is 2. The summed E-state index contributed by atoms with van der Waals surface area (Å²) in [6.45, 7) is 1.63. The third-order valence-corrected chi connectivity index (χ3v) is 10.4. The van der Waals surface area contributed by atoms with Gasteiger partial charge in [0, 0.05) is 50.4 Å². The molecule has 6 rings (SSSR count). The largest absolute Gasteiger partial charge is 0.395 e. The van der Waals surface area contributed by atoms with Gasteiger partial charge in [0.15, 0.2) is 0 Å². The van der Waals surface area contributed by atoms with Crippen LogP contribution in [0.3, 0.4) is 0 Å². The van der Waals surface area contributed by atoms with Gasteiger partial charge in [0.1, 0.15) is 0 Å². The van der Waals surface area contributed by atoms with Crippen LogP contribution in [0.5, 0.6) is 0 Å². The normalized spacial score (nSPS) is 21.5. The number of halogens is 2. The number of piperidine rings is 2. The van der Waals surface area contributed by atoms with E-state index in [1.807, 2.05) is 23.1 Å². The van der Waals surface area contributed by atoms with Crippen LogP contribution in [0.15, 0.2) is 36.4 Å². The van der Waals surface area contributed by atoms with Crippen molar-refractivity contribution in [1.29, 1.82) is 0 Å². The zero-order chi connectivity index (χ0) is 28.8. The second kappa shape index (κ2) is 10.7. The number of carbonyl (C=O) groups is 1. The summed E-state index contributed by atoms with van der Waals surface area (Å²) in [7, 11) is -3.72. The van der Waals surface area contributed by atoms with Gasteiger partial charge in [0.05, 0.1) is 29.3 Å². The molecule has 0 aromatic heterocycles. The molecule has 0 unspecified atom stereocenters. The number of carbonyl (C=O) groups excluding carboxylic acids is 1. The smallest absolute Gasteiger partial charge is 0.257 e. The highest BCUT2D eigenvalue weighted by atomic mass is 32.2. The number of nitrogens with one attached hydrogen (secondary N) is 2. The first-order chi connectivity index (χ1) is 19.6. The molecule has 3 N–H and O–H groups in total. The van der Waals surface area contributed by atoms with Gasteiger partial charge >= 0.3 is 0 Å². The lowest BCUT2D eigenvalue weighted by atomic mass is 9.93. The zero-order valence-corrected chi connectivity index (χ0v) is 24.0. The number of alkyl halides is 2. The minimum atomic E-state index is -3.72. The predicted molar refractivity (Wildman–Crippen MR) is 157 cm³/mol. The Morgan fingerprint density at radius 2 is 1.49 bits per heavy atom. The average Bonchev–Trinajstić information content (AvgIpc) is 3.86. The molecule has 2 saturated heterocycles. The SMILES string of the molecule is O=C(Nc1ccc(C2CC2)c(N2CCC(F)(F)CC2)c1)c1ccc(NS(=O)(=O)CCO)cc1N1CCC2(CC1)CC2. The molecule has 0 atom stereocenters. The molecule has 4 fully saturated rings. The molecule has 2 saturated carbocycles. The van der Waals surface area contributed by atoms with E-state index in [4.69, 9.17) is 5.11 Å². The van der Waals surface area contributed by atoms with Crippen LogP contribution in [0.25, 0.3) is 0 Å². The topological polar surface area (TPSA) is 102 Å². The lowest BCUT2D eigenvalue weighted by molar-refractivity contribution is -0.0220. The van der Waals surface area contributed by atoms with E-state index in [1.165, 1.54) is 12.8 Å². The fraction of sp³-hybridized carbons (Fsp3) is 0.567. The molecule has 11 heteroatoms. The molecule has 2 aromatic carbocycles. The first-order valence-electron chi connectivity index (χ1n) is 14.6. The summed E-state index contributed by atoms with van der Waals surface area (Å²) in [6.07, 6.45) is 6.36. The van der Waals surface area contributed by atoms with Crippen LogP contribution in [0.1, 0.15) is 73.2 Å². The Morgan fingerprint density at radius 1 is 0.878 bits per heavy atom. The van der Waals surface area contributed by atoms with Crippen LogP contribution in [0, 0.1) is 5.41 Å². The van der Waals surface area contributed by atoms with Crippen LogP contribution >= 0.6 is 0 Å². The van der Waals surface area contributed by atoms with Gasteiger partial charge in [0.25, 0.3) is 11.8 Å². The molecule has 8 nitrogen and oxygen atoms in total. The van der Waals surface area contributed by atoms with Crippen molar-refractivity contribution < 1.29 is 27.1 Å². The van der Waals surface area contributed by atoms with Crippen LogP contribution in [-0.4, -0.2) is 63.9 Å². The Hall–Kier alpha value is -2.92. The first kappa shape index (κ1) is 28.2. The summed E-state index contributed by atoms with van der Waals surface area (Å²) >= 11 is 0. The Kier molecular flexibility index (Phi) is 7.38. The number of aliphatic hydroxyl groups is 1. The van der Waals surface area contributed by atoms with Crippen LogP contribution in [-0.2, 0) is 10.0 Å². The standard InChI is InChI=1S/C30H38F2N4O4S/c31-30(32)11-15-36(16-12-30)26-19-22(3-5-24(26)21-1-2-21)33-28(38)25-6-4-23(34-41(39,40)18-17-37)20-27(25)35-13-9-29(7-8-29)10-14-35/h3-6,19-21,34,37H,1-2,7-18H2,(H,33,38). The summed E-state index contributed by atoms with van der Waals surface area (Å²) in [5.41, 5.74) is 4.53. The van der Waals surface area contributed by atoms with Crippen molar-refractivity contribution in [2.45, 2.75) is 63.2 Å². The minimum Gasteiger partial charge on any atom is -0.395 e. The Balaban J connectivity index is 1.26. The Bertz CT molecular complexity index is 1410. The number of rotatable bonds is 9. The Morgan fingerprint density at radius 3 is 2.12 bits per heavy atom.